The first kappa shape index (κ1) is 12.8. The van der Waals surface area contributed by atoms with Gasteiger partial charge in [0.2, 0.25) is 5.95 Å². The third kappa shape index (κ3) is 3.40. The maximum absolute atomic E-state index is 4.33. The molecule has 94 valence electrons. The van der Waals surface area contributed by atoms with E-state index in [4.69, 9.17) is 0 Å². The largest absolute Gasteiger partial charge is 0.351 e. The third-order valence-electron chi connectivity index (χ3n) is 2.11. The van der Waals surface area contributed by atoms with Crippen molar-refractivity contribution in [2.24, 2.45) is 0 Å². The molecule has 1 aromatic heterocycles. The Morgan fingerprint density at radius 2 is 2.00 bits per heavy atom. The highest BCUT2D eigenvalue weighted by Crippen LogP contribution is 2.24. The monoisotopic (exact) mass is 307 g/mol. The van der Waals surface area contributed by atoms with E-state index in [2.05, 4.69) is 41.7 Å². The van der Waals surface area contributed by atoms with Crippen LogP contribution in [-0.2, 0) is 0 Å². The van der Waals surface area contributed by atoms with Crippen LogP contribution in [-0.4, -0.2) is 21.2 Å². The smallest absolute Gasteiger partial charge is 0.244 e. The van der Waals surface area contributed by atoms with Gasteiger partial charge in [-0.2, -0.15) is 10.1 Å². The number of hydrogen-bond acceptors (Lipinski definition) is 5. The van der Waals surface area contributed by atoms with Gasteiger partial charge in [0.15, 0.2) is 5.82 Å². The summed E-state index contributed by atoms with van der Waals surface area (Å²) in [7, 11) is 0. The fourth-order valence-electron chi connectivity index (χ4n) is 1.38. The van der Waals surface area contributed by atoms with Crippen LogP contribution in [0.15, 0.2) is 34.9 Å². The molecular formula is C12H14BrN5. The highest BCUT2D eigenvalue weighted by Gasteiger charge is 2.04. The normalized spacial score (nSPS) is 10.4. The molecule has 0 spiro atoms. The summed E-state index contributed by atoms with van der Waals surface area (Å²) < 4.78 is 0.974. The minimum atomic E-state index is 0.269. The molecule has 1 heterocycles. The minimum absolute atomic E-state index is 0.269. The average Bonchev–Trinajstić information content (AvgIpc) is 2.32. The van der Waals surface area contributed by atoms with Crippen LogP contribution in [0.1, 0.15) is 13.8 Å². The zero-order chi connectivity index (χ0) is 13.0. The highest BCUT2D eigenvalue weighted by molar-refractivity contribution is 9.10. The highest BCUT2D eigenvalue weighted by atomic mass is 79.9. The molecule has 0 saturated heterocycles. The maximum atomic E-state index is 4.33. The predicted octanol–water partition coefficient (Wildman–Crippen LogP) is 3.20. The van der Waals surface area contributed by atoms with Gasteiger partial charge in [-0.05, 0) is 41.9 Å². The average molecular weight is 308 g/mol. The second-order valence-corrected chi connectivity index (χ2v) is 4.92. The van der Waals surface area contributed by atoms with Crippen LogP contribution in [0.25, 0.3) is 0 Å². The van der Waals surface area contributed by atoms with Crippen LogP contribution in [0.4, 0.5) is 17.5 Å². The molecule has 0 saturated carbocycles. The number of nitrogens with zero attached hydrogens (tertiary/aromatic N) is 3. The number of benzene rings is 1. The second kappa shape index (κ2) is 5.77. The summed E-state index contributed by atoms with van der Waals surface area (Å²) in [6.45, 7) is 4.05. The van der Waals surface area contributed by atoms with Gasteiger partial charge in [-0.3, -0.25) is 0 Å². The number of anilines is 3. The van der Waals surface area contributed by atoms with Crippen molar-refractivity contribution >= 4 is 33.4 Å². The van der Waals surface area contributed by atoms with Gasteiger partial charge in [0.1, 0.15) is 0 Å². The van der Waals surface area contributed by atoms with Crippen molar-refractivity contribution in [2.75, 3.05) is 10.6 Å². The molecule has 0 amide bonds. The molecule has 0 bridgehead atoms. The topological polar surface area (TPSA) is 62.7 Å². The van der Waals surface area contributed by atoms with Gasteiger partial charge >= 0.3 is 0 Å². The number of halogens is 1. The molecule has 0 aliphatic heterocycles. The van der Waals surface area contributed by atoms with Crippen molar-refractivity contribution in [3.8, 4) is 0 Å². The Balaban J connectivity index is 2.17. The molecule has 2 rings (SSSR count). The van der Waals surface area contributed by atoms with Crippen molar-refractivity contribution in [1.29, 1.82) is 0 Å². The summed E-state index contributed by atoms with van der Waals surface area (Å²) in [4.78, 5) is 4.33. The van der Waals surface area contributed by atoms with Gasteiger partial charge in [-0.25, -0.2) is 0 Å². The van der Waals surface area contributed by atoms with E-state index < -0.39 is 0 Å². The third-order valence-corrected chi connectivity index (χ3v) is 2.80. The Hall–Kier alpha value is -1.69. The number of hydrogen-bond donors (Lipinski definition) is 2. The number of para-hydroxylation sites is 1. The lowest BCUT2D eigenvalue weighted by atomic mass is 10.3. The van der Waals surface area contributed by atoms with E-state index in [9.17, 15) is 0 Å². The Kier molecular flexibility index (Phi) is 4.09. The summed E-state index contributed by atoms with van der Waals surface area (Å²) in [6.07, 6.45) is 1.59. The Labute approximate surface area is 114 Å². The van der Waals surface area contributed by atoms with Crippen LogP contribution in [0, 0.1) is 0 Å². The molecule has 5 nitrogen and oxygen atoms in total. The van der Waals surface area contributed by atoms with Gasteiger partial charge in [0.05, 0.1) is 11.9 Å². The van der Waals surface area contributed by atoms with Crippen LogP contribution in [0.2, 0.25) is 0 Å². The van der Waals surface area contributed by atoms with Crippen molar-refractivity contribution in [3.05, 3.63) is 34.9 Å². The van der Waals surface area contributed by atoms with Crippen molar-refractivity contribution in [1.82, 2.24) is 15.2 Å². The molecule has 0 atom stereocenters. The molecule has 2 aromatic rings. The van der Waals surface area contributed by atoms with E-state index >= 15 is 0 Å². The molecular weight excluding hydrogens is 294 g/mol. The van der Waals surface area contributed by atoms with Gasteiger partial charge in [-0.1, -0.05) is 12.1 Å². The van der Waals surface area contributed by atoms with E-state index in [1.165, 1.54) is 0 Å². The SMILES string of the molecule is CC(C)Nc1nncc(Nc2ccccc2Br)n1. The quantitative estimate of drug-likeness (QED) is 0.908. The minimum Gasteiger partial charge on any atom is -0.351 e. The lowest BCUT2D eigenvalue weighted by Gasteiger charge is -2.10. The number of aromatic nitrogens is 3. The molecule has 0 unspecified atom stereocenters. The van der Waals surface area contributed by atoms with E-state index in [0.717, 1.165) is 10.2 Å². The van der Waals surface area contributed by atoms with Gasteiger partial charge in [0, 0.05) is 10.5 Å². The van der Waals surface area contributed by atoms with Crippen LogP contribution in [0.3, 0.4) is 0 Å². The lowest BCUT2D eigenvalue weighted by Crippen LogP contribution is -2.13. The van der Waals surface area contributed by atoms with E-state index in [1.54, 1.807) is 6.20 Å². The molecule has 2 N–H and O–H groups in total. The fraction of sp³-hybridized carbons (Fsp3) is 0.250. The summed E-state index contributed by atoms with van der Waals surface area (Å²) in [5.41, 5.74) is 0.938. The maximum Gasteiger partial charge on any atom is 0.244 e. The first-order valence-electron chi connectivity index (χ1n) is 5.63. The van der Waals surface area contributed by atoms with E-state index in [1.807, 2.05) is 38.1 Å². The van der Waals surface area contributed by atoms with Crippen LogP contribution < -0.4 is 10.6 Å². The summed E-state index contributed by atoms with van der Waals surface area (Å²) in [6, 6.07) is 8.10. The van der Waals surface area contributed by atoms with Crippen LogP contribution in [0.5, 0.6) is 0 Å². The first-order chi connectivity index (χ1) is 8.65. The predicted molar refractivity (Wildman–Crippen MR) is 76.0 cm³/mol. The van der Waals surface area contributed by atoms with Crippen molar-refractivity contribution in [2.45, 2.75) is 19.9 Å². The van der Waals surface area contributed by atoms with Gasteiger partial charge in [0.25, 0.3) is 0 Å². The standard InChI is InChI=1S/C12H14BrN5/c1-8(2)15-12-17-11(7-14-18-12)16-10-6-4-3-5-9(10)13/h3-8H,1-2H3,(H2,15,16,17,18). The Bertz CT molecular complexity index is 529. The van der Waals surface area contributed by atoms with Gasteiger partial charge in [-0.15, -0.1) is 5.10 Å². The van der Waals surface area contributed by atoms with Crippen LogP contribution >= 0.6 is 15.9 Å². The molecule has 0 aliphatic rings. The summed E-state index contributed by atoms with van der Waals surface area (Å²) in [5.74, 6) is 1.17. The summed E-state index contributed by atoms with van der Waals surface area (Å²) in [5, 5.41) is 14.1. The second-order valence-electron chi connectivity index (χ2n) is 4.07. The molecule has 0 aliphatic carbocycles. The van der Waals surface area contributed by atoms with Gasteiger partial charge < -0.3 is 10.6 Å². The number of nitrogens with one attached hydrogen (secondary N) is 2. The zero-order valence-electron chi connectivity index (χ0n) is 10.2. The summed E-state index contributed by atoms with van der Waals surface area (Å²) >= 11 is 3.47. The Morgan fingerprint density at radius 1 is 1.22 bits per heavy atom. The van der Waals surface area contributed by atoms with E-state index in [-0.39, 0.29) is 6.04 Å². The molecule has 1 aromatic carbocycles. The lowest BCUT2D eigenvalue weighted by molar-refractivity contribution is 0.852. The molecule has 18 heavy (non-hydrogen) atoms. The number of rotatable bonds is 4. The molecule has 6 heteroatoms. The van der Waals surface area contributed by atoms with Crippen molar-refractivity contribution in [3.63, 3.8) is 0 Å². The van der Waals surface area contributed by atoms with Crippen molar-refractivity contribution < 1.29 is 0 Å². The zero-order valence-corrected chi connectivity index (χ0v) is 11.8. The fourth-order valence-corrected chi connectivity index (χ4v) is 1.77. The van der Waals surface area contributed by atoms with E-state index in [0.29, 0.717) is 11.8 Å². The molecule has 0 radical (unpaired) electrons. The first-order valence-corrected chi connectivity index (χ1v) is 6.42. The Morgan fingerprint density at radius 3 is 2.72 bits per heavy atom. The molecule has 0 fully saturated rings.